The Hall–Kier alpha value is -0.370. The lowest BCUT2D eigenvalue weighted by Gasteiger charge is -1.91. The Bertz CT molecular complexity index is 66.5. The topological polar surface area (TPSA) is 33.1 Å². The SMILES string of the molecule is N=CC1CCOC1. The van der Waals surface area contributed by atoms with Gasteiger partial charge in [-0.2, -0.15) is 0 Å². The van der Waals surface area contributed by atoms with E-state index >= 15 is 0 Å². The molecular weight excluding hydrogens is 90.1 g/mol. The minimum Gasteiger partial charge on any atom is -0.381 e. The Kier molecular flexibility index (Phi) is 1.42. The molecule has 0 aromatic carbocycles. The molecule has 1 N–H and O–H groups in total. The smallest absolute Gasteiger partial charge is 0.0544 e. The molecule has 2 nitrogen and oxygen atoms in total. The second-order valence-electron chi connectivity index (χ2n) is 1.79. The summed E-state index contributed by atoms with van der Waals surface area (Å²) in [6.45, 7) is 1.61. The van der Waals surface area contributed by atoms with E-state index in [0.717, 1.165) is 19.6 Å². The van der Waals surface area contributed by atoms with Crippen LogP contribution in [0, 0.1) is 11.3 Å². The zero-order valence-corrected chi connectivity index (χ0v) is 4.18. The third-order valence-electron chi connectivity index (χ3n) is 1.20. The summed E-state index contributed by atoms with van der Waals surface area (Å²) in [5, 5.41) is 6.79. The van der Waals surface area contributed by atoms with Crippen molar-refractivity contribution in [2.24, 2.45) is 5.92 Å². The lowest BCUT2D eigenvalue weighted by molar-refractivity contribution is 0.193. The highest BCUT2D eigenvalue weighted by Gasteiger charge is 2.10. The van der Waals surface area contributed by atoms with Crippen LogP contribution in [0.4, 0.5) is 0 Å². The zero-order chi connectivity index (χ0) is 5.11. The molecule has 1 heterocycles. The highest BCUT2D eigenvalue weighted by atomic mass is 16.5. The maximum atomic E-state index is 6.79. The number of ether oxygens (including phenoxy) is 1. The van der Waals surface area contributed by atoms with E-state index in [4.69, 9.17) is 10.1 Å². The Balaban J connectivity index is 2.26. The molecule has 0 aliphatic carbocycles. The Morgan fingerprint density at radius 1 is 1.71 bits per heavy atom. The average molecular weight is 99.1 g/mol. The van der Waals surface area contributed by atoms with Gasteiger partial charge in [0, 0.05) is 18.7 Å². The molecule has 1 unspecified atom stereocenters. The van der Waals surface area contributed by atoms with E-state index in [0.29, 0.717) is 5.92 Å². The molecule has 1 saturated heterocycles. The van der Waals surface area contributed by atoms with Gasteiger partial charge in [0.1, 0.15) is 0 Å². The summed E-state index contributed by atoms with van der Waals surface area (Å²) in [4.78, 5) is 0. The molecule has 0 saturated carbocycles. The summed E-state index contributed by atoms with van der Waals surface area (Å²) in [5.74, 6) is 0.417. The average Bonchev–Trinajstić information content (AvgIpc) is 2.14. The first-order valence-electron chi connectivity index (χ1n) is 2.52. The second-order valence-corrected chi connectivity index (χ2v) is 1.79. The molecule has 0 spiro atoms. The number of rotatable bonds is 1. The van der Waals surface area contributed by atoms with Gasteiger partial charge in [0.05, 0.1) is 6.61 Å². The van der Waals surface area contributed by atoms with Crippen LogP contribution in [0.1, 0.15) is 6.42 Å². The van der Waals surface area contributed by atoms with Crippen molar-refractivity contribution in [3.63, 3.8) is 0 Å². The summed E-state index contributed by atoms with van der Waals surface area (Å²) in [5.41, 5.74) is 0. The van der Waals surface area contributed by atoms with Crippen molar-refractivity contribution >= 4 is 6.21 Å². The van der Waals surface area contributed by atoms with Gasteiger partial charge in [-0.15, -0.1) is 0 Å². The van der Waals surface area contributed by atoms with Crippen molar-refractivity contribution in [3.05, 3.63) is 0 Å². The van der Waals surface area contributed by atoms with Crippen molar-refractivity contribution in [3.8, 4) is 0 Å². The number of nitrogens with one attached hydrogen (secondary N) is 1. The number of hydrogen-bond donors (Lipinski definition) is 1. The van der Waals surface area contributed by atoms with E-state index < -0.39 is 0 Å². The van der Waals surface area contributed by atoms with E-state index in [1.165, 1.54) is 6.21 Å². The van der Waals surface area contributed by atoms with Gasteiger partial charge in [-0.05, 0) is 6.42 Å². The molecule has 0 amide bonds. The molecule has 0 aromatic rings. The van der Waals surface area contributed by atoms with Gasteiger partial charge in [-0.25, -0.2) is 0 Å². The number of hydrogen-bond acceptors (Lipinski definition) is 2. The maximum absolute atomic E-state index is 6.79. The molecule has 0 bridgehead atoms. The molecule has 1 atom stereocenters. The van der Waals surface area contributed by atoms with Gasteiger partial charge < -0.3 is 10.1 Å². The van der Waals surface area contributed by atoms with Crippen LogP contribution < -0.4 is 0 Å². The quantitative estimate of drug-likeness (QED) is 0.481. The minimum atomic E-state index is 0.417. The summed E-state index contributed by atoms with van der Waals surface area (Å²) in [6, 6.07) is 0. The predicted molar refractivity (Wildman–Crippen MR) is 27.7 cm³/mol. The van der Waals surface area contributed by atoms with Crippen LogP contribution in [0.5, 0.6) is 0 Å². The van der Waals surface area contributed by atoms with Crippen molar-refractivity contribution in [1.29, 1.82) is 5.41 Å². The van der Waals surface area contributed by atoms with E-state index in [1.54, 1.807) is 0 Å². The highest BCUT2D eigenvalue weighted by molar-refractivity contribution is 5.57. The first-order valence-corrected chi connectivity index (χ1v) is 2.52. The lowest BCUT2D eigenvalue weighted by atomic mass is 10.1. The highest BCUT2D eigenvalue weighted by Crippen LogP contribution is 2.07. The minimum absolute atomic E-state index is 0.417. The van der Waals surface area contributed by atoms with Crippen LogP contribution in [-0.4, -0.2) is 19.4 Å². The van der Waals surface area contributed by atoms with Crippen molar-refractivity contribution in [2.45, 2.75) is 6.42 Å². The Morgan fingerprint density at radius 3 is 2.86 bits per heavy atom. The molecule has 0 radical (unpaired) electrons. The van der Waals surface area contributed by atoms with Crippen molar-refractivity contribution < 1.29 is 4.74 Å². The fourth-order valence-electron chi connectivity index (χ4n) is 0.684. The zero-order valence-electron chi connectivity index (χ0n) is 4.18. The van der Waals surface area contributed by atoms with E-state index in [9.17, 15) is 0 Å². The summed E-state index contributed by atoms with van der Waals surface area (Å²) >= 11 is 0. The van der Waals surface area contributed by atoms with Gasteiger partial charge in [0.25, 0.3) is 0 Å². The van der Waals surface area contributed by atoms with E-state index in [-0.39, 0.29) is 0 Å². The standard InChI is InChI=1S/C5H9NO/c6-3-5-1-2-7-4-5/h3,5-6H,1-2,4H2. The first-order chi connectivity index (χ1) is 3.43. The Labute approximate surface area is 43.0 Å². The third kappa shape index (κ3) is 0.996. The molecule has 40 valence electrons. The lowest BCUT2D eigenvalue weighted by Crippen LogP contribution is -1.97. The van der Waals surface area contributed by atoms with Crippen LogP contribution in [0.3, 0.4) is 0 Å². The molecule has 1 fully saturated rings. The van der Waals surface area contributed by atoms with Gasteiger partial charge >= 0.3 is 0 Å². The van der Waals surface area contributed by atoms with Crippen LogP contribution in [-0.2, 0) is 4.74 Å². The van der Waals surface area contributed by atoms with Crippen LogP contribution in [0.25, 0.3) is 0 Å². The van der Waals surface area contributed by atoms with Crippen LogP contribution in [0.2, 0.25) is 0 Å². The summed E-state index contributed by atoms with van der Waals surface area (Å²) < 4.78 is 5.00. The fraction of sp³-hybridized carbons (Fsp3) is 0.800. The van der Waals surface area contributed by atoms with Gasteiger partial charge in [0.2, 0.25) is 0 Å². The maximum Gasteiger partial charge on any atom is 0.0544 e. The third-order valence-corrected chi connectivity index (χ3v) is 1.20. The molecule has 7 heavy (non-hydrogen) atoms. The second kappa shape index (κ2) is 2.07. The van der Waals surface area contributed by atoms with Crippen LogP contribution in [0.15, 0.2) is 0 Å². The van der Waals surface area contributed by atoms with Gasteiger partial charge in [-0.3, -0.25) is 0 Å². The van der Waals surface area contributed by atoms with E-state index in [2.05, 4.69) is 0 Å². The monoisotopic (exact) mass is 99.1 g/mol. The normalized spacial score (nSPS) is 30.6. The predicted octanol–water partition coefficient (Wildman–Crippen LogP) is 0.672. The first kappa shape index (κ1) is 4.78. The molecule has 1 aliphatic heterocycles. The summed E-state index contributed by atoms with van der Waals surface area (Å²) in [6.07, 6.45) is 2.51. The largest absolute Gasteiger partial charge is 0.381 e. The fourth-order valence-corrected chi connectivity index (χ4v) is 0.684. The Morgan fingerprint density at radius 2 is 2.57 bits per heavy atom. The van der Waals surface area contributed by atoms with Crippen molar-refractivity contribution in [1.82, 2.24) is 0 Å². The molecule has 1 aliphatic rings. The summed E-state index contributed by atoms with van der Waals surface area (Å²) in [7, 11) is 0. The van der Waals surface area contributed by atoms with Crippen molar-refractivity contribution in [2.75, 3.05) is 13.2 Å². The molecule has 1 rings (SSSR count). The molecule has 2 heteroatoms. The van der Waals surface area contributed by atoms with Gasteiger partial charge in [-0.1, -0.05) is 0 Å². The molecular formula is C5H9NO. The molecule has 0 aromatic heterocycles. The van der Waals surface area contributed by atoms with Gasteiger partial charge in [0.15, 0.2) is 0 Å². The van der Waals surface area contributed by atoms with Crippen LogP contribution >= 0.6 is 0 Å². The van der Waals surface area contributed by atoms with E-state index in [1.807, 2.05) is 0 Å².